The SMILES string of the molecule is CC(C)(C)c1ccc(C(=O)N2CC[C@@H](N)C2)cc1. The minimum atomic E-state index is 0.100. The van der Waals surface area contributed by atoms with Gasteiger partial charge in [0.2, 0.25) is 0 Å². The van der Waals surface area contributed by atoms with E-state index in [4.69, 9.17) is 5.73 Å². The van der Waals surface area contributed by atoms with Gasteiger partial charge in [0.15, 0.2) is 0 Å². The quantitative estimate of drug-likeness (QED) is 0.825. The van der Waals surface area contributed by atoms with Crippen LogP contribution in [0, 0.1) is 0 Å². The molecule has 2 N–H and O–H groups in total. The molecule has 1 aromatic carbocycles. The van der Waals surface area contributed by atoms with Crippen LogP contribution in [0.4, 0.5) is 0 Å². The molecule has 1 heterocycles. The van der Waals surface area contributed by atoms with Crippen molar-refractivity contribution in [3.05, 3.63) is 35.4 Å². The van der Waals surface area contributed by atoms with Gasteiger partial charge in [-0.1, -0.05) is 32.9 Å². The maximum Gasteiger partial charge on any atom is 0.253 e. The number of rotatable bonds is 1. The van der Waals surface area contributed by atoms with E-state index in [0.717, 1.165) is 18.5 Å². The van der Waals surface area contributed by atoms with Crippen LogP contribution in [0.15, 0.2) is 24.3 Å². The topological polar surface area (TPSA) is 46.3 Å². The summed E-state index contributed by atoms with van der Waals surface area (Å²) in [6, 6.07) is 8.08. The molecule has 1 aliphatic rings. The molecule has 1 atom stereocenters. The Hall–Kier alpha value is -1.35. The Balaban J connectivity index is 2.12. The molecule has 0 radical (unpaired) electrons. The molecule has 0 spiro atoms. The number of benzene rings is 1. The van der Waals surface area contributed by atoms with E-state index in [1.165, 1.54) is 5.56 Å². The number of hydrogen-bond acceptors (Lipinski definition) is 2. The summed E-state index contributed by atoms with van der Waals surface area (Å²) in [7, 11) is 0. The van der Waals surface area contributed by atoms with Crippen molar-refractivity contribution in [2.75, 3.05) is 13.1 Å². The van der Waals surface area contributed by atoms with E-state index in [0.29, 0.717) is 6.54 Å². The zero-order valence-electron chi connectivity index (χ0n) is 11.4. The number of amides is 1. The third kappa shape index (κ3) is 2.72. The van der Waals surface area contributed by atoms with Gasteiger partial charge in [-0.25, -0.2) is 0 Å². The minimum Gasteiger partial charge on any atom is -0.337 e. The lowest BCUT2D eigenvalue weighted by Gasteiger charge is -2.20. The second kappa shape index (κ2) is 4.73. The lowest BCUT2D eigenvalue weighted by Crippen LogP contribution is -2.31. The normalized spacial score (nSPS) is 20.2. The largest absolute Gasteiger partial charge is 0.337 e. The molecule has 0 unspecified atom stereocenters. The maximum absolute atomic E-state index is 12.2. The summed E-state index contributed by atoms with van der Waals surface area (Å²) in [6.45, 7) is 7.97. The van der Waals surface area contributed by atoms with Crippen LogP contribution in [0.1, 0.15) is 43.1 Å². The summed E-state index contributed by atoms with van der Waals surface area (Å²) in [6.07, 6.45) is 0.909. The van der Waals surface area contributed by atoms with E-state index in [-0.39, 0.29) is 17.4 Å². The molecule has 1 saturated heterocycles. The molecule has 0 saturated carbocycles. The average Bonchev–Trinajstić information content (AvgIpc) is 2.74. The van der Waals surface area contributed by atoms with Gasteiger partial charge in [-0.2, -0.15) is 0 Å². The molecular weight excluding hydrogens is 224 g/mol. The lowest BCUT2D eigenvalue weighted by atomic mass is 9.86. The third-order valence-corrected chi connectivity index (χ3v) is 3.51. The second-order valence-corrected chi connectivity index (χ2v) is 6.13. The van der Waals surface area contributed by atoms with Crippen molar-refractivity contribution in [2.45, 2.75) is 38.6 Å². The fraction of sp³-hybridized carbons (Fsp3) is 0.533. The molecule has 2 rings (SSSR count). The van der Waals surface area contributed by atoms with Crippen LogP contribution in [0.2, 0.25) is 0 Å². The van der Waals surface area contributed by atoms with Crippen LogP contribution in [0.25, 0.3) is 0 Å². The Kier molecular flexibility index (Phi) is 3.44. The smallest absolute Gasteiger partial charge is 0.253 e. The molecule has 0 aliphatic carbocycles. The van der Waals surface area contributed by atoms with Gasteiger partial charge in [0, 0.05) is 24.7 Å². The lowest BCUT2D eigenvalue weighted by molar-refractivity contribution is 0.0791. The molecule has 98 valence electrons. The van der Waals surface area contributed by atoms with Gasteiger partial charge in [-0.3, -0.25) is 4.79 Å². The van der Waals surface area contributed by atoms with Crippen molar-refractivity contribution in [1.29, 1.82) is 0 Å². The predicted octanol–water partition coefficient (Wildman–Crippen LogP) is 2.16. The summed E-state index contributed by atoms with van der Waals surface area (Å²) in [4.78, 5) is 14.1. The van der Waals surface area contributed by atoms with Crippen molar-refractivity contribution in [1.82, 2.24) is 4.90 Å². The molecule has 18 heavy (non-hydrogen) atoms. The van der Waals surface area contributed by atoms with E-state index < -0.39 is 0 Å². The van der Waals surface area contributed by atoms with E-state index >= 15 is 0 Å². The summed E-state index contributed by atoms with van der Waals surface area (Å²) < 4.78 is 0. The highest BCUT2D eigenvalue weighted by atomic mass is 16.2. The zero-order chi connectivity index (χ0) is 13.3. The predicted molar refractivity (Wildman–Crippen MR) is 73.6 cm³/mol. The van der Waals surface area contributed by atoms with Gasteiger partial charge in [0.05, 0.1) is 0 Å². The van der Waals surface area contributed by atoms with E-state index in [9.17, 15) is 4.79 Å². The molecule has 1 amide bonds. The molecule has 3 heteroatoms. The molecule has 0 bridgehead atoms. The Morgan fingerprint density at radius 2 is 1.89 bits per heavy atom. The number of nitrogens with zero attached hydrogens (tertiary/aromatic N) is 1. The fourth-order valence-electron chi connectivity index (χ4n) is 2.27. The third-order valence-electron chi connectivity index (χ3n) is 3.51. The van der Waals surface area contributed by atoms with Crippen molar-refractivity contribution in [3.8, 4) is 0 Å². The molecular formula is C15H22N2O. The van der Waals surface area contributed by atoms with Crippen LogP contribution in [-0.4, -0.2) is 29.9 Å². The number of carbonyl (C=O) groups is 1. The summed E-state index contributed by atoms with van der Waals surface area (Å²) in [5.41, 5.74) is 7.96. The van der Waals surface area contributed by atoms with Gasteiger partial charge in [0.25, 0.3) is 5.91 Å². The van der Waals surface area contributed by atoms with Crippen LogP contribution in [-0.2, 0) is 5.41 Å². The van der Waals surface area contributed by atoms with Crippen LogP contribution < -0.4 is 5.73 Å². The highest BCUT2D eigenvalue weighted by Crippen LogP contribution is 2.23. The Morgan fingerprint density at radius 3 is 2.33 bits per heavy atom. The van der Waals surface area contributed by atoms with E-state index in [2.05, 4.69) is 20.8 Å². The standard InChI is InChI=1S/C15H22N2O/c1-15(2,3)12-6-4-11(5-7-12)14(18)17-9-8-13(16)10-17/h4-7,13H,8-10,16H2,1-3H3/t13-/m1/s1. The van der Waals surface area contributed by atoms with Crippen molar-refractivity contribution in [3.63, 3.8) is 0 Å². The average molecular weight is 246 g/mol. The monoisotopic (exact) mass is 246 g/mol. The van der Waals surface area contributed by atoms with Crippen LogP contribution >= 0.6 is 0 Å². The van der Waals surface area contributed by atoms with Gasteiger partial charge < -0.3 is 10.6 Å². The summed E-state index contributed by atoms with van der Waals surface area (Å²) in [5.74, 6) is 0.100. The second-order valence-electron chi connectivity index (χ2n) is 6.13. The first kappa shape index (κ1) is 13.1. The van der Waals surface area contributed by atoms with Crippen LogP contribution in [0.5, 0.6) is 0 Å². The first-order chi connectivity index (χ1) is 8.38. The Labute approximate surface area is 109 Å². The Morgan fingerprint density at radius 1 is 1.28 bits per heavy atom. The summed E-state index contributed by atoms with van der Waals surface area (Å²) >= 11 is 0. The first-order valence-corrected chi connectivity index (χ1v) is 6.53. The molecule has 0 aromatic heterocycles. The molecule has 1 aliphatic heterocycles. The highest BCUT2D eigenvalue weighted by molar-refractivity contribution is 5.94. The van der Waals surface area contributed by atoms with E-state index in [1.54, 1.807) is 0 Å². The van der Waals surface area contributed by atoms with Gasteiger partial charge in [0.1, 0.15) is 0 Å². The van der Waals surface area contributed by atoms with Crippen molar-refractivity contribution in [2.24, 2.45) is 5.73 Å². The fourth-order valence-corrected chi connectivity index (χ4v) is 2.27. The first-order valence-electron chi connectivity index (χ1n) is 6.53. The number of carbonyl (C=O) groups excluding carboxylic acids is 1. The number of nitrogens with two attached hydrogens (primary N) is 1. The highest BCUT2D eigenvalue weighted by Gasteiger charge is 2.24. The zero-order valence-corrected chi connectivity index (χ0v) is 11.4. The summed E-state index contributed by atoms with van der Waals surface area (Å²) in [5, 5.41) is 0. The van der Waals surface area contributed by atoms with Crippen molar-refractivity contribution < 1.29 is 4.79 Å². The molecule has 1 fully saturated rings. The van der Waals surface area contributed by atoms with Crippen molar-refractivity contribution >= 4 is 5.91 Å². The van der Waals surface area contributed by atoms with Crippen LogP contribution in [0.3, 0.4) is 0 Å². The number of likely N-dealkylation sites (tertiary alicyclic amines) is 1. The molecule has 3 nitrogen and oxygen atoms in total. The Bertz CT molecular complexity index is 431. The van der Waals surface area contributed by atoms with Gasteiger partial charge >= 0.3 is 0 Å². The molecule has 1 aromatic rings. The number of hydrogen-bond donors (Lipinski definition) is 1. The van der Waals surface area contributed by atoms with E-state index in [1.807, 2.05) is 29.2 Å². The van der Waals surface area contributed by atoms with Gasteiger partial charge in [-0.05, 0) is 29.5 Å². The minimum absolute atomic E-state index is 0.100. The maximum atomic E-state index is 12.2. The van der Waals surface area contributed by atoms with Gasteiger partial charge in [-0.15, -0.1) is 0 Å².